The number of hydrogen-bond acceptors (Lipinski definition) is 5. The molecule has 2 aliphatic carbocycles. The smallest absolute Gasteiger partial charge is 0.335 e. The van der Waals surface area contributed by atoms with Crippen LogP contribution in [0.3, 0.4) is 0 Å². The SMILES string of the molecule is O=C(O)c1ccc2c(c1)N(C[C@@H]1CC[C@H]1C(O)CO)CC1(CCCc3cc(Cl)ccc31)CO2. The molecule has 33 heavy (non-hydrogen) atoms. The van der Waals surface area contributed by atoms with Crippen molar-refractivity contribution in [3.05, 3.63) is 58.1 Å². The lowest BCUT2D eigenvalue weighted by molar-refractivity contribution is -0.0183. The number of aliphatic hydroxyl groups excluding tert-OH is 2. The Kier molecular flexibility index (Phi) is 6.02. The van der Waals surface area contributed by atoms with E-state index >= 15 is 0 Å². The summed E-state index contributed by atoms with van der Waals surface area (Å²) in [5.41, 5.74) is 3.31. The second-order valence-electron chi connectivity index (χ2n) is 9.84. The number of carboxylic acid groups (broad SMARTS) is 1. The zero-order valence-electron chi connectivity index (χ0n) is 18.5. The second-order valence-corrected chi connectivity index (χ2v) is 10.3. The minimum Gasteiger partial charge on any atom is -0.490 e. The van der Waals surface area contributed by atoms with Crippen LogP contribution in [0.4, 0.5) is 5.69 Å². The van der Waals surface area contributed by atoms with Crippen LogP contribution < -0.4 is 9.64 Å². The van der Waals surface area contributed by atoms with Gasteiger partial charge in [-0.25, -0.2) is 4.79 Å². The molecule has 1 fully saturated rings. The molecule has 2 aromatic carbocycles. The van der Waals surface area contributed by atoms with E-state index in [1.54, 1.807) is 18.2 Å². The number of rotatable bonds is 5. The Morgan fingerprint density at radius 3 is 2.82 bits per heavy atom. The summed E-state index contributed by atoms with van der Waals surface area (Å²) in [6.45, 7) is 1.68. The highest BCUT2D eigenvalue weighted by Gasteiger charge is 2.44. The number of carbonyl (C=O) groups is 1. The molecule has 4 atom stereocenters. The molecule has 3 aliphatic rings. The van der Waals surface area contributed by atoms with Crippen LogP contribution in [0, 0.1) is 11.8 Å². The van der Waals surface area contributed by atoms with Crippen LogP contribution in [0.5, 0.6) is 5.75 Å². The fraction of sp³-hybridized carbons (Fsp3) is 0.500. The second kappa shape index (κ2) is 8.82. The molecule has 1 saturated carbocycles. The number of aliphatic hydroxyl groups is 2. The highest BCUT2D eigenvalue weighted by atomic mass is 35.5. The number of aryl methyl sites for hydroxylation is 1. The van der Waals surface area contributed by atoms with Gasteiger partial charge in [0.05, 0.1) is 30.6 Å². The summed E-state index contributed by atoms with van der Waals surface area (Å²) in [5.74, 6) is 0.0127. The normalized spacial score (nSPS) is 27.1. The van der Waals surface area contributed by atoms with Gasteiger partial charge in [-0.1, -0.05) is 17.7 Å². The van der Waals surface area contributed by atoms with Gasteiger partial charge in [-0.05, 0) is 85.4 Å². The molecule has 0 aromatic heterocycles. The summed E-state index contributed by atoms with van der Waals surface area (Å²) in [4.78, 5) is 14.0. The van der Waals surface area contributed by atoms with Crippen LogP contribution in [-0.2, 0) is 11.8 Å². The number of carboxylic acids is 1. The maximum absolute atomic E-state index is 11.7. The summed E-state index contributed by atoms with van der Waals surface area (Å²) in [6.07, 6.45) is 4.16. The molecule has 176 valence electrons. The molecule has 2 aromatic rings. The van der Waals surface area contributed by atoms with E-state index in [2.05, 4.69) is 17.0 Å². The van der Waals surface area contributed by atoms with Crippen molar-refractivity contribution in [2.24, 2.45) is 11.8 Å². The minimum absolute atomic E-state index is 0.0543. The average molecular weight is 472 g/mol. The quantitative estimate of drug-likeness (QED) is 0.613. The Hall–Kier alpha value is -2.28. The topological polar surface area (TPSA) is 90.2 Å². The highest BCUT2D eigenvalue weighted by Crippen LogP contribution is 2.46. The van der Waals surface area contributed by atoms with Crippen molar-refractivity contribution in [1.29, 1.82) is 0 Å². The Labute approximate surface area is 198 Å². The number of fused-ring (bicyclic) bond motifs is 3. The van der Waals surface area contributed by atoms with Crippen LogP contribution in [0.25, 0.3) is 0 Å². The van der Waals surface area contributed by atoms with Crippen molar-refractivity contribution in [1.82, 2.24) is 0 Å². The van der Waals surface area contributed by atoms with Crippen LogP contribution in [0.2, 0.25) is 5.02 Å². The first-order chi connectivity index (χ1) is 15.9. The summed E-state index contributed by atoms with van der Waals surface area (Å²) in [7, 11) is 0. The van der Waals surface area contributed by atoms with Crippen LogP contribution in [0.1, 0.15) is 47.2 Å². The van der Waals surface area contributed by atoms with Crippen molar-refractivity contribution in [2.45, 2.75) is 43.6 Å². The minimum atomic E-state index is -0.966. The molecular weight excluding hydrogens is 442 g/mol. The number of nitrogens with zero attached hydrogens (tertiary/aromatic N) is 1. The van der Waals surface area contributed by atoms with E-state index in [9.17, 15) is 20.1 Å². The van der Waals surface area contributed by atoms with E-state index < -0.39 is 12.1 Å². The van der Waals surface area contributed by atoms with Crippen LogP contribution in [-0.4, -0.2) is 53.7 Å². The zero-order chi connectivity index (χ0) is 23.2. The van der Waals surface area contributed by atoms with Gasteiger partial charge in [-0.15, -0.1) is 0 Å². The maximum atomic E-state index is 11.7. The van der Waals surface area contributed by atoms with E-state index in [4.69, 9.17) is 16.3 Å². The highest BCUT2D eigenvalue weighted by molar-refractivity contribution is 6.30. The summed E-state index contributed by atoms with van der Waals surface area (Å²) >= 11 is 6.30. The molecule has 0 bridgehead atoms. The standard InChI is InChI=1S/C26H30ClNO5/c27-19-5-7-21-16(10-19)2-1-9-26(21)14-28(12-18-3-6-20(18)23(30)13-29)22-11-17(25(31)32)4-8-24(22)33-15-26/h4-5,7-8,10-11,18,20,23,29-30H,1-3,6,9,12-15H2,(H,31,32)/t18-,20+,23?,26?/m0/s1. The van der Waals surface area contributed by atoms with Gasteiger partial charge in [0.15, 0.2) is 0 Å². The van der Waals surface area contributed by atoms with Crippen molar-refractivity contribution < 1.29 is 24.9 Å². The van der Waals surface area contributed by atoms with Crippen LogP contribution >= 0.6 is 11.6 Å². The lowest BCUT2D eigenvalue weighted by atomic mass is 9.68. The van der Waals surface area contributed by atoms with Gasteiger partial charge in [0.2, 0.25) is 0 Å². The first-order valence-electron chi connectivity index (χ1n) is 11.7. The number of benzene rings is 2. The van der Waals surface area contributed by atoms with E-state index in [1.165, 1.54) is 11.1 Å². The molecule has 1 heterocycles. The summed E-state index contributed by atoms with van der Waals surface area (Å²) in [6, 6.07) is 11.2. The first-order valence-corrected chi connectivity index (χ1v) is 12.1. The molecule has 3 N–H and O–H groups in total. The maximum Gasteiger partial charge on any atom is 0.335 e. The Balaban J connectivity index is 1.54. The van der Waals surface area contributed by atoms with Crippen molar-refractivity contribution in [3.8, 4) is 5.75 Å². The van der Waals surface area contributed by atoms with E-state index in [-0.39, 0.29) is 29.4 Å². The fourth-order valence-corrected chi connectivity index (χ4v) is 6.19. The number of halogens is 1. The molecule has 6 nitrogen and oxygen atoms in total. The number of aromatic carboxylic acids is 1. The Morgan fingerprint density at radius 1 is 1.24 bits per heavy atom. The van der Waals surface area contributed by atoms with Gasteiger partial charge in [0.1, 0.15) is 5.75 Å². The lowest BCUT2D eigenvalue weighted by Gasteiger charge is -2.45. The van der Waals surface area contributed by atoms with Gasteiger partial charge in [-0.2, -0.15) is 0 Å². The van der Waals surface area contributed by atoms with E-state index in [0.717, 1.165) is 42.8 Å². The first kappa shape index (κ1) is 22.5. The van der Waals surface area contributed by atoms with Gasteiger partial charge < -0.3 is 25.0 Å². The van der Waals surface area contributed by atoms with Gasteiger partial charge in [0, 0.05) is 23.5 Å². The zero-order valence-corrected chi connectivity index (χ0v) is 19.3. The molecule has 1 spiro atoms. The third-order valence-corrected chi connectivity index (χ3v) is 8.13. The summed E-state index contributed by atoms with van der Waals surface area (Å²) in [5, 5.41) is 30.1. The summed E-state index contributed by atoms with van der Waals surface area (Å²) < 4.78 is 6.37. The van der Waals surface area contributed by atoms with Gasteiger partial charge in [0.25, 0.3) is 0 Å². The van der Waals surface area contributed by atoms with Crippen molar-refractivity contribution >= 4 is 23.3 Å². The van der Waals surface area contributed by atoms with Crippen LogP contribution in [0.15, 0.2) is 36.4 Å². The molecule has 5 rings (SSSR count). The third kappa shape index (κ3) is 4.09. The monoisotopic (exact) mass is 471 g/mol. The van der Waals surface area contributed by atoms with Gasteiger partial charge >= 0.3 is 5.97 Å². The third-order valence-electron chi connectivity index (χ3n) is 7.90. The van der Waals surface area contributed by atoms with Crippen molar-refractivity contribution in [2.75, 3.05) is 31.2 Å². The number of anilines is 1. The largest absolute Gasteiger partial charge is 0.490 e. The molecule has 0 radical (unpaired) electrons. The average Bonchev–Trinajstić information content (AvgIpc) is 2.93. The fourth-order valence-electron chi connectivity index (χ4n) is 5.99. The predicted octanol–water partition coefficient (Wildman–Crippen LogP) is 3.89. The number of ether oxygens (including phenoxy) is 1. The van der Waals surface area contributed by atoms with E-state index in [1.807, 2.05) is 6.07 Å². The van der Waals surface area contributed by atoms with E-state index in [0.29, 0.717) is 25.4 Å². The predicted molar refractivity (Wildman–Crippen MR) is 126 cm³/mol. The lowest BCUT2D eigenvalue weighted by Crippen LogP contribution is -2.50. The Bertz CT molecular complexity index is 1060. The molecule has 2 unspecified atom stereocenters. The molecular formula is C26H30ClNO5. The number of hydrogen-bond donors (Lipinski definition) is 3. The molecule has 7 heteroatoms. The van der Waals surface area contributed by atoms with Crippen molar-refractivity contribution in [3.63, 3.8) is 0 Å². The molecule has 1 aliphatic heterocycles. The van der Waals surface area contributed by atoms with Gasteiger partial charge in [-0.3, -0.25) is 0 Å². The Morgan fingerprint density at radius 2 is 2.09 bits per heavy atom. The molecule has 0 amide bonds. The molecule has 0 saturated heterocycles.